The van der Waals surface area contributed by atoms with Gasteiger partial charge in [-0.15, -0.1) is 10.2 Å². The third kappa shape index (κ3) is 6.56. The number of nitrogen functional groups attached to an aromatic ring is 1. The van der Waals surface area contributed by atoms with E-state index in [0.29, 0.717) is 24.1 Å². The predicted octanol–water partition coefficient (Wildman–Crippen LogP) is 4.13. The van der Waals surface area contributed by atoms with Gasteiger partial charge < -0.3 is 15.8 Å². The minimum atomic E-state index is -0.568. The maximum Gasteiger partial charge on any atom is 0.407 e. The number of hydrogen-bond donors (Lipinski definition) is 2. The van der Waals surface area contributed by atoms with E-state index in [1.807, 2.05) is 6.92 Å². The topological polar surface area (TPSA) is 133 Å². The van der Waals surface area contributed by atoms with E-state index in [9.17, 15) is 14.9 Å². The van der Waals surface area contributed by atoms with Crippen LogP contribution in [-0.4, -0.2) is 32.9 Å². The van der Waals surface area contributed by atoms with Crippen molar-refractivity contribution in [3.63, 3.8) is 0 Å². The number of nitrogens with zero attached hydrogens (tertiary/aromatic N) is 3. The first-order valence-corrected chi connectivity index (χ1v) is 9.40. The van der Waals surface area contributed by atoms with Crippen molar-refractivity contribution >= 4 is 29.1 Å². The molecule has 1 amide bonds. The molecule has 0 radical (unpaired) electrons. The number of halogens is 1. The molecule has 1 heterocycles. The van der Waals surface area contributed by atoms with Gasteiger partial charge in [-0.05, 0) is 58.2 Å². The minimum Gasteiger partial charge on any atom is -0.444 e. The van der Waals surface area contributed by atoms with Gasteiger partial charge in [-0.3, -0.25) is 10.1 Å². The van der Waals surface area contributed by atoms with Gasteiger partial charge in [0.15, 0.2) is 5.15 Å². The molecular weight excluding hydrogens is 398 g/mol. The normalized spacial score (nSPS) is 12.3. The minimum absolute atomic E-state index is 0.101. The Kier molecular flexibility index (Phi) is 6.97. The van der Waals surface area contributed by atoms with Gasteiger partial charge in [-0.25, -0.2) is 4.79 Å². The van der Waals surface area contributed by atoms with Crippen LogP contribution in [0, 0.1) is 10.1 Å². The molecule has 156 valence electrons. The maximum absolute atomic E-state index is 11.9. The summed E-state index contributed by atoms with van der Waals surface area (Å²) in [4.78, 5) is 22.2. The quantitative estimate of drug-likeness (QED) is 0.406. The van der Waals surface area contributed by atoms with E-state index in [0.717, 1.165) is 5.56 Å². The predicted molar refractivity (Wildman–Crippen MR) is 111 cm³/mol. The summed E-state index contributed by atoms with van der Waals surface area (Å²) in [6.45, 7) is 7.25. The van der Waals surface area contributed by atoms with Gasteiger partial charge in [0, 0.05) is 29.4 Å². The largest absolute Gasteiger partial charge is 0.444 e. The Balaban J connectivity index is 2.10. The van der Waals surface area contributed by atoms with Gasteiger partial charge in [0.1, 0.15) is 5.60 Å². The fourth-order valence-corrected chi connectivity index (χ4v) is 2.76. The van der Waals surface area contributed by atoms with E-state index in [1.54, 1.807) is 26.8 Å². The number of aromatic nitrogens is 2. The van der Waals surface area contributed by atoms with E-state index in [-0.39, 0.29) is 22.6 Å². The molecule has 2 aromatic rings. The summed E-state index contributed by atoms with van der Waals surface area (Å²) in [5, 5.41) is 21.9. The van der Waals surface area contributed by atoms with Crippen molar-refractivity contribution < 1.29 is 14.5 Å². The Morgan fingerprint density at radius 1 is 1.34 bits per heavy atom. The average molecular weight is 422 g/mol. The number of carbonyl (C=O) groups is 1. The van der Waals surface area contributed by atoms with Gasteiger partial charge in [0.25, 0.3) is 5.69 Å². The van der Waals surface area contributed by atoms with Crippen LogP contribution in [0.2, 0.25) is 5.15 Å². The fraction of sp³-hybridized carbons (Fsp3) is 0.421. The first kappa shape index (κ1) is 22.4. The molecular formula is C19H24ClN5O4. The summed E-state index contributed by atoms with van der Waals surface area (Å²) in [5.41, 5.74) is 7.21. The third-order valence-electron chi connectivity index (χ3n) is 3.95. The van der Waals surface area contributed by atoms with Crippen molar-refractivity contribution in [2.75, 3.05) is 5.73 Å². The van der Waals surface area contributed by atoms with Crippen LogP contribution in [0.5, 0.6) is 0 Å². The molecule has 1 atom stereocenters. The number of nitrogens with one attached hydrogen (secondary N) is 1. The number of rotatable bonds is 6. The van der Waals surface area contributed by atoms with E-state index in [1.165, 1.54) is 18.2 Å². The van der Waals surface area contributed by atoms with Crippen LogP contribution in [0.1, 0.15) is 39.7 Å². The third-order valence-corrected chi connectivity index (χ3v) is 4.27. The molecule has 0 aliphatic rings. The number of nitro groups is 1. The zero-order valence-electron chi connectivity index (χ0n) is 16.7. The molecule has 9 nitrogen and oxygen atoms in total. The number of non-ortho nitro benzene ring substituents is 1. The zero-order chi connectivity index (χ0) is 21.8. The van der Waals surface area contributed by atoms with E-state index in [4.69, 9.17) is 22.1 Å². The summed E-state index contributed by atoms with van der Waals surface area (Å²) in [7, 11) is 0. The van der Waals surface area contributed by atoms with Crippen molar-refractivity contribution in [2.45, 2.75) is 52.2 Å². The lowest BCUT2D eigenvalue weighted by Gasteiger charge is -2.22. The Hall–Kier alpha value is -2.94. The summed E-state index contributed by atoms with van der Waals surface area (Å²) in [6, 6.07) is 5.75. The van der Waals surface area contributed by atoms with Crippen molar-refractivity contribution in [3.8, 4) is 11.3 Å². The Bertz CT molecular complexity index is 914. The van der Waals surface area contributed by atoms with E-state index in [2.05, 4.69) is 15.5 Å². The number of carbonyl (C=O) groups excluding carboxylic acids is 1. The summed E-state index contributed by atoms with van der Waals surface area (Å²) >= 11 is 6.16. The van der Waals surface area contributed by atoms with Crippen LogP contribution in [0.25, 0.3) is 11.3 Å². The smallest absolute Gasteiger partial charge is 0.407 e. The lowest BCUT2D eigenvalue weighted by molar-refractivity contribution is -0.384. The van der Waals surface area contributed by atoms with Crippen molar-refractivity contribution in [1.82, 2.24) is 15.5 Å². The standard InChI is InChI=1S/C19H24ClN5O4/c1-11(22-18(26)29-19(2,3)4)5-6-12-9-16(23-24-17(12)20)14-8-7-13(25(27)28)10-15(14)21/h7-11H,5-6,21H2,1-4H3,(H,22,26). The second-order valence-corrected chi connectivity index (χ2v) is 8.02. The van der Waals surface area contributed by atoms with Crippen molar-refractivity contribution in [1.29, 1.82) is 0 Å². The molecule has 1 aromatic carbocycles. The molecule has 1 unspecified atom stereocenters. The Morgan fingerprint density at radius 3 is 2.62 bits per heavy atom. The van der Waals surface area contributed by atoms with Crippen LogP contribution >= 0.6 is 11.6 Å². The Labute approximate surface area is 173 Å². The zero-order valence-corrected chi connectivity index (χ0v) is 17.5. The van der Waals surface area contributed by atoms with Crippen LogP contribution in [0.15, 0.2) is 24.3 Å². The number of aryl methyl sites for hydroxylation is 1. The second kappa shape index (κ2) is 9.04. The van der Waals surface area contributed by atoms with Crippen LogP contribution in [-0.2, 0) is 11.2 Å². The van der Waals surface area contributed by atoms with Crippen LogP contribution in [0.4, 0.5) is 16.2 Å². The van der Waals surface area contributed by atoms with Crippen molar-refractivity contribution in [2.24, 2.45) is 0 Å². The molecule has 2 rings (SSSR count). The lowest BCUT2D eigenvalue weighted by atomic mass is 10.0. The van der Waals surface area contributed by atoms with Crippen LogP contribution < -0.4 is 11.1 Å². The van der Waals surface area contributed by atoms with Crippen molar-refractivity contribution in [3.05, 3.63) is 45.1 Å². The molecule has 0 aliphatic carbocycles. The Morgan fingerprint density at radius 2 is 2.03 bits per heavy atom. The number of nitrogens with two attached hydrogens (primary N) is 1. The summed E-state index contributed by atoms with van der Waals surface area (Å²) in [5.74, 6) is 0. The van der Waals surface area contributed by atoms with Gasteiger partial charge in [0.2, 0.25) is 0 Å². The van der Waals surface area contributed by atoms with E-state index >= 15 is 0 Å². The molecule has 10 heteroatoms. The molecule has 0 spiro atoms. The maximum atomic E-state index is 11.9. The summed E-state index contributed by atoms with van der Waals surface area (Å²) < 4.78 is 5.24. The van der Waals surface area contributed by atoms with E-state index < -0.39 is 16.6 Å². The van der Waals surface area contributed by atoms with Gasteiger partial charge in [0.05, 0.1) is 10.6 Å². The fourth-order valence-electron chi connectivity index (χ4n) is 2.57. The van der Waals surface area contributed by atoms with Gasteiger partial charge in [-0.1, -0.05) is 11.6 Å². The highest BCUT2D eigenvalue weighted by Gasteiger charge is 2.18. The second-order valence-electron chi connectivity index (χ2n) is 7.66. The first-order valence-electron chi connectivity index (χ1n) is 9.02. The monoisotopic (exact) mass is 421 g/mol. The van der Waals surface area contributed by atoms with Gasteiger partial charge in [-0.2, -0.15) is 0 Å². The van der Waals surface area contributed by atoms with Crippen LogP contribution in [0.3, 0.4) is 0 Å². The highest BCUT2D eigenvalue weighted by molar-refractivity contribution is 6.30. The SMILES string of the molecule is CC(CCc1cc(-c2ccc([N+](=O)[O-])cc2N)nnc1Cl)NC(=O)OC(C)(C)C. The number of alkyl carbamates (subject to hydrolysis) is 1. The summed E-state index contributed by atoms with van der Waals surface area (Å²) in [6.07, 6.45) is 0.647. The molecule has 0 aliphatic heterocycles. The highest BCUT2D eigenvalue weighted by atomic mass is 35.5. The number of benzene rings is 1. The first-order chi connectivity index (χ1) is 13.5. The molecule has 0 saturated carbocycles. The molecule has 29 heavy (non-hydrogen) atoms. The number of anilines is 1. The number of hydrogen-bond acceptors (Lipinski definition) is 7. The molecule has 3 N–H and O–H groups in total. The number of nitro benzene ring substituents is 1. The number of amides is 1. The van der Waals surface area contributed by atoms with Gasteiger partial charge >= 0.3 is 6.09 Å². The molecule has 0 saturated heterocycles. The highest BCUT2D eigenvalue weighted by Crippen LogP contribution is 2.29. The molecule has 0 fully saturated rings. The average Bonchev–Trinajstić information content (AvgIpc) is 2.59. The molecule has 1 aromatic heterocycles. The molecule has 0 bridgehead atoms. The lowest BCUT2D eigenvalue weighted by Crippen LogP contribution is -2.37. The number of ether oxygens (including phenoxy) is 1.